The summed E-state index contributed by atoms with van der Waals surface area (Å²) in [5.41, 5.74) is 5.05. The Bertz CT molecular complexity index is 1440. The minimum atomic E-state index is -0.501. The van der Waals surface area contributed by atoms with Gasteiger partial charge < -0.3 is 10.3 Å². The van der Waals surface area contributed by atoms with Crippen LogP contribution in [0.2, 0.25) is 10.0 Å². The van der Waals surface area contributed by atoms with Gasteiger partial charge >= 0.3 is 0 Å². The molecule has 1 aliphatic carbocycles. The molecule has 0 spiro atoms. The third kappa shape index (κ3) is 4.89. The van der Waals surface area contributed by atoms with Crippen LogP contribution in [0.5, 0.6) is 0 Å². The highest BCUT2D eigenvalue weighted by Gasteiger charge is 2.20. The predicted octanol–water partition coefficient (Wildman–Crippen LogP) is 6.96. The summed E-state index contributed by atoms with van der Waals surface area (Å²) in [6.07, 6.45) is 4.65. The van der Waals surface area contributed by atoms with E-state index in [1.807, 2.05) is 5.38 Å². The maximum Gasteiger partial charge on any atom is 0.260 e. The first-order valence-corrected chi connectivity index (χ1v) is 13.5. The van der Waals surface area contributed by atoms with Gasteiger partial charge in [-0.1, -0.05) is 53.2 Å². The molecule has 34 heavy (non-hydrogen) atoms. The number of anilines is 1. The lowest BCUT2D eigenvalue weighted by molar-refractivity contribution is -0.115. The maximum atomic E-state index is 13.0. The van der Waals surface area contributed by atoms with Gasteiger partial charge in [-0.3, -0.25) is 9.59 Å². The first kappa shape index (κ1) is 23.4. The molecule has 1 amide bonds. The fourth-order valence-electron chi connectivity index (χ4n) is 4.19. The van der Waals surface area contributed by atoms with Gasteiger partial charge in [-0.05, 0) is 67.5 Å². The molecule has 0 bridgehead atoms. The average molecular weight is 531 g/mol. The minimum Gasteiger partial charge on any atom is -0.325 e. The molecule has 5 rings (SSSR count). The van der Waals surface area contributed by atoms with E-state index in [0.717, 1.165) is 24.0 Å². The molecule has 0 fully saturated rings. The van der Waals surface area contributed by atoms with Gasteiger partial charge in [0.2, 0.25) is 5.91 Å². The van der Waals surface area contributed by atoms with E-state index in [-0.39, 0.29) is 11.5 Å². The Hall–Kier alpha value is -2.32. The second kappa shape index (κ2) is 9.74. The number of H-pyrrole nitrogens is 1. The van der Waals surface area contributed by atoms with Crippen LogP contribution >= 0.6 is 46.3 Å². The molecule has 5 nitrogen and oxygen atoms in total. The van der Waals surface area contributed by atoms with Crippen molar-refractivity contribution in [2.45, 2.75) is 43.0 Å². The number of thiophene rings is 1. The highest BCUT2D eigenvalue weighted by atomic mass is 35.5. The van der Waals surface area contributed by atoms with E-state index in [4.69, 9.17) is 23.2 Å². The molecule has 1 atom stereocenters. The monoisotopic (exact) mass is 529 g/mol. The van der Waals surface area contributed by atoms with E-state index in [1.165, 1.54) is 47.1 Å². The Kier molecular flexibility index (Phi) is 6.71. The number of thioether (sulfide) groups is 1. The van der Waals surface area contributed by atoms with Crippen molar-refractivity contribution in [1.82, 2.24) is 9.97 Å². The lowest BCUT2D eigenvalue weighted by atomic mass is 9.89. The van der Waals surface area contributed by atoms with Crippen LogP contribution in [0.1, 0.15) is 30.9 Å². The van der Waals surface area contributed by atoms with E-state index >= 15 is 0 Å². The molecular formula is C25H21Cl2N3O2S2. The number of nitrogens with one attached hydrogen (secondary N) is 2. The first-order valence-electron chi connectivity index (χ1n) is 10.9. The summed E-state index contributed by atoms with van der Waals surface area (Å²) in [7, 11) is 0. The smallest absolute Gasteiger partial charge is 0.260 e. The summed E-state index contributed by atoms with van der Waals surface area (Å²) in [5, 5.41) is 6.16. The fraction of sp³-hybridized carbons (Fsp3) is 0.240. The molecule has 0 saturated heterocycles. The van der Waals surface area contributed by atoms with E-state index in [1.54, 1.807) is 25.1 Å². The largest absolute Gasteiger partial charge is 0.325 e. The number of hydrogen-bond acceptors (Lipinski definition) is 5. The predicted molar refractivity (Wildman–Crippen MR) is 143 cm³/mol. The van der Waals surface area contributed by atoms with Gasteiger partial charge in [0.25, 0.3) is 5.56 Å². The molecule has 1 unspecified atom stereocenters. The number of rotatable bonds is 5. The first-order chi connectivity index (χ1) is 16.4. The van der Waals surface area contributed by atoms with Gasteiger partial charge in [-0.2, -0.15) is 0 Å². The Morgan fingerprint density at radius 2 is 1.85 bits per heavy atom. The number of hydrogen-bond donors (Lipinski definition) is 2. The van der Waals surface area contributed by atoms with Crippen LogP contribution in [0.25, 0.3) is 21.3 Å². The summed E-state index contributed by atoms with van der Waals surface area (Å²) < 4.78 is 0. The van der Waals surface area contributed by atoms with Crippen LogP contribution < -0.4 is 10.9 Å². The second-order valence-electron chi connectivity index (χ2n) is 8.30. The number of benzene rings is 2. The van der Waals surface area contributed by atoms with Gasteiger partial charge in [-0.25, -0.2) is 4.98 Å². The molecule has 2 aromatic heterocycles. The summed E-state index contributed by atoms with van der Waals surface area (Å²) >= 11 is 14.7. The summed E-state index contributed by atoms with van der Waals surface area (Å²) in [4.78, 5) is 33.8. The van der Waals surface area contributed by atoms with Crippen LogP contribution in [0.4, 0.5) is 5.69 Å². The lowest BCUT2D eigenvalue weighted by Gasteiger charge is -2.16. The zero-order valence-corrected chi connectivity index (χ0v) is 21.4. The summed E-state index contributed by atoms with van der Waals surface area (Å²) in [6.45, 7) is 1.75. The van der Waals surface area contributed by atoms with Gasteiger partial charge in [0, 0.05) is 26.7 Å². The average Bonchev–Trinajstić information content (AvgIpc) is 3.22. The third-order valence-corrected chi connectivity index (χ3v) is 8.16. The zero-order valence-electron chi connectivity index (χ0n) is 18.3. The van der Waals surface area contributed by atoms with Crippen molar-refractivity contribution in [2.24, 2.45) is 0 Å². The number of halogens is 2. The normalized spacial score (nSPS) is 14.1. The third-order valence-electron chi connectivity index (χ3n) is 5.87. The molecule has 174 valence electrons. The molecule has 9 heteroatoms. The van der Waals surface area contributed by atoms with E-state index in [9.17, 15) is 9.59 Å². The van der Waals surface area contributed by atoms with Crippen molar-refractivity contribution >= 4 is 68.1 Å². The summed E-state index contributed by atoms with van der Waals surface area (Å²) in [5.74, 6) is -0.244. The van der Waals surface area contributed by atoms with Crippen molar-refractivity contribution in [1.29, 1.82) is 0 Å². The Morgan fingerprint density at radius 3 is 2.62 bits per heavy atom. The molecule has 2 N–H and O–H groups in total. The highest BCUT2D eigenvalue weighted by molar-refractivity contribution is 8.00. The van der Waals surface area contributed by atoms with E-state index in [2.05, 4.69) is 33.5 Å². The fourth-order valence-corrected chi connectivity index (χ4v) is 6.52. The van der Waals surface area contributed by atoms with Crippen molar-refractivity contribution in [3.63, 3.8) is 0 Å². The summed E-state index contributed by atoms with van der Waals surface area (Å²) in [6, 6.07) is 11.4. The number of aryl methyl sites for hydroxylation is 2. The number of aromatic amines is 1. The number of carbonyl (C=O) groups is 1. The standard InChI is InChI=1S/C25H21Cl2N3O2S2/c1-13(22(31)28-19-10-17(26)9-18(27)11-19)34-25-29-23(32)21-20(12-33-24(21)30-25)16-7-6-14-4-2-3-5-15(14)8-16/h6-13H,2-5H2,1H3,(H,28,31)(H,29,30,32). The number of carbonyl (C=O) groups excluding carboxylic acids is 1. The van der Waals surface area contributed by atoms with Crippen LogP contribution in [0.3, 0.4) is 0 Å². The molecule has 1 aliphatic rings. The van der Waals surface area contributed by atoms with Crippen LogP contribution in [-0.4, -0.2) is 21.1 Å². The van der Waals surface area contributed by atoms with Crippen molar-refractivity contribution in [2.75, 3.05) is 5.32 Å². The van der Waals surface area contributed by atoms with Crippen molar-refractivity contribution < 1.29 is 4.79 Å². The molecular weight excluding hydrogens is 509 g/mol. The molecule has 2 aromatic carbocycles. The Labute approximate surface area is 214 Å². The van der Waals surface area contributed by atoms with Crippen molar-refractivity contribution in [3.8, 4) is 11.1 Å². The number of nitrogens with zero attached hydrogens (tertiary/aromatic N) is 1. The van der Waals surface area contributed by atoms with E-state index in [0.29, 0.717) is 31.1 Å². The van der Waals surface area contributed by atoms with Gasteiger partial charge in [0.1, 0.15) is 4.83 Å². The van der Waals surface area contributed by atoms with Gasteiger partial charge in [-0.15, -0.1) is 11.3 Å². The zero-order chi connectivity index (χ0) is 23.8. The SMILES string of the molecule is CC(Sc1nc2scc(-c3ccc4c(c3)CCCC4)c2c(=O)[nH]1)C(=O)Nc1cc(Cl)cc(Cl)c1. The van der Waals surface area contributed by atoms with E-state index < -0.39 is 5.25 Å². The number of fused-ring (bicyclic) bond motifs is 2. The van der Waals surface area contributed by atoms with Gasteiger partial charge in [0.15, 0.2) is 5.16 Å². The molecule has 0 aliphatic heterocycles. The molecule has 2 heterocycles. The Morgan fingerprint density at radius 1 is 1.12 bits per heavy atom. The maximum absolute atomic E-state index is 13.0. The van der Waals surface area contributed by atoms with Gasteiger partial charge in [0.05, 0.1) is 10.6 Å². The topological polar surface area (TPSA) is 74.8 Å². The number of aromatic nitrogens is 2. The quantitative estimate of drug-likeness (QED) is 0.216. The number of amides is 1. The molecule has 4 aromatic rings. The highest BCUT2D eigenvalue weighted by Crippen LogP contribution is 2.34. The molecule has 0 saturated carbocycles. The van der Waals surface area contributed by atoms with Crippen molar-refractivity contribution in [3.05, 3.63) is 73.3 Å². The second-order valence-corrected chi connectivity index (χ2v) is 11.4. The van der Waals surface area contributed by atoms with Crippen LogP contribution in [0.15, 0.2) is 51.7 Å². The minimum absolute atomic E-state index is 0.198. The Balaban J connectivity index is 1.37. The van der Waals surface area contributed by atoms with Crippen LogP contribution in [-0.2, 0) is 17.6 Å². The molecule has 0 radical (unpaired) electrons. The van der Waals surface area contributed by atoms with Crippen LogP contribution in [0, 0.1) is 0 Å². The lowest BCUT2D eigenvalue weighted by Crippen LogP contribution is -2.23.